The van der Waals surface area contributed by atoms with Crippen LogP contribution in [0.4, 0.5) is 0 Å². The van der Waals surface area contributed by atoms with Gasteiger partial charge in [-0.3, -0.25) is 4.79 Å². The second-order valence-electron chi connectivity index (χ2n) is 5.07. The van der Waals surface area contributed by atoms with Gasteiger partial charge in [-0.1, -0.05) is 33.6 Å². The number of H-pyrrole nitrogens is 1. The molecular weight excluding hydrogens is 364 g/mol. The molecule has 0 aliphatic carbocycles. The van der Waals surface area contributed by atoms with E-state index in [1.165, 1.54) is 11.3 Å². The zero-order valence-corrected chi connectivity index (χ0v) is 14.7. The van der Waals surface area contributed by atoms with Gasteiger partial charge < -0.3 is 9.72 Å². The van der Waals surface area contributed by atoms with Crippen LogP contribution in [0.5, 0.6) is 0 Å². The van der Waals surface area contributed by atoms with E-state index in [1.807, 2.05) is 24.4 Å². The number of rotatable bonds is 4. The summed E-state index contributed by atoms with van der Waals surface area (Å²) in [7, 11) is 1.63. The summed E-state index contributed by atoms with van der Waals surface area (Å²) in [5, 5.41) is 2.64. The standard InChI is InChI=1S/C16H15BrN2O2S/c1-9-3-4-12(17)10(7-9)11-8-22-16-14(11)15(20)18-13(19-16)5-6-21-2/h3-4,7-8H,5-6H2,1-2H3,(H,18,19,20). The molecule has 0 saturated heterocycles. The molecule has 3 aromatic rings. The summed E-state index contributed by atoms with van der Waals surface area (Å²) in [6.45, 7) is 2.58. The molecule has 0 unspecified atom stereocenters. The number of nitrogens with zero attached hydrogens (tertiary/aromatic N) is 1. The smallest absolute Gasteiger partial charge is 0.260 e. The molecule has 0 aliphatic rings. The van der Waals surface area contributed by atoms with Gasteiger partial charge in [-0.2, -0.15) is 0 Å². The molecule has 2 heterocycles. The predicted octanol–water partition coefficient (Wildman–Crippen LogP) is 3.91. The number of aryl methyl sites for hydroxylation is 1. The number of nitrogens with one attached hydrogen (secondary N) is 1. The molecule has 0 spiro atoms. The largest absolute Gasteiger partial charge is 0.384 e. The van der Waals surface area contributed by atoms with Crippen LogP contribution < -0.4 is 5.56 Å². The number of fused-ring (bicyclic) bond motifs is 1. The van der Waals surface area contributed by atoms with Crippen LogP contribution in [0.25, 0.3) is 21.3 Å². The second kappa shape index (κ2) is 6.32. The third-order valence-corrected chi connectivity index (χ3v) is 5.01. The van der Waals surface area contributed by atoms with Gasteiger partial charge in [0, 0.05) is 28.9 Å². The van der Waals surface area contributed by atoms with Crippen molar-refractivity contribution in [3.8, 4) is 11.1 Å². The highest BCUT2D eigenvalue weighted by atomic mass is 79.9. The fourth-order valence-corrected chi connectivity index (χ4v) is 3.77. The van der Waals surface area contributed by atoms with E-state index >= 15 is 0 Å². The average molecular weight is 379 g/mol. The SMILES string of the molecule is COCCc1nc2scc(-c3cc(C)ccc3Br)c2c(=O)[nH]1. The Morgan fingerprint density at radius 1 is 1.36 bits per heavy atom. The lowest BCUT2D eigenvalue weighted by atomic mass is 10.0. The van der Waals surface area contributed by atoms with Gasteiger partial charge in [0.05, 0.1) is 12.0 Å². The fraction of sp³-hybridized carbons (Fsp3) is 0.250. The molecule has 1 aromatic carbocycles. The summed E-state index contributed by atoms with van der Waals surface area (Å²) in [5.74, 6) is 0.663. The number of benzene rings is 1. The van der Waals surface area contributed by atoms with Gasteiger partial charge >= 0.3 is 0 Å². The molecule has 114 valence electrons. The molecule has 3 rings (SSSR count). The number of methoxy groups -OCH3 is 1. The van der Waals surface area contributed by atoms with Crippen LogP contribution in [0, 0.1) is 6.92 Å². The van der Waals surface area contributed by atoms with Crippen molar-refractivity contribution in [2.45, 2.75) is 13.3 Å². The Bertz CT molecular complexity index is 885. The molecular formula is C16H15BrN2O2S. The van der Waals surface area contributed by atoms with Crippen molar-refractivity contribution < 1.29 is 4.74 Å². The molecule has 0 bridgehead atoms. The number of hydrogen-bond donors (Lipinski definition) is 1. The minimum absolute atomic E-state index is 0.0965. The highest BCUT2D eigenvalue weighted by Gasteiger charge is 2.15. The zero-order chi connectivity index (χ0) is 15.7. The maximum atomic E-state index is 12.5. The van der Waals surface area contributed by atoms with E-state index in [2.05, 4.69) is 32.0 Å². The van der Waals surface area contributed by atoms with Crippen molar-refractivity contribution in [2.24, 2.45) is 0 Å². The van der Waals surface area contributed by atoms with Crippen LogP contribution in [-0.4, -0.2) is 23.7 Å². The maximum Gasteiger partial charge on any atom is 0.260 e. The van der Waals surface area contributed by atoms with Crippen LogP contribution in [-0.2, 0) is 11.2 Å². The molecule has 0 saturated carbocycles. The minimum atomic E-state index is -0.0965. The highest BCUT2D eigenvalue weighted by Crippen LogP contribution is 2.35. The Hall–Kier alpha value is -1.50. The van der Waals surface area contributed by atoms with Crippen molar-refractivity contribution in [3.05, 3.63) is 49.8 Å². The quantitative estimate of drug-likeness (QED) is 0.748. The third-order valence-electron chi connectivity index (χ3n) is 3.45. The molecule has 0 radical (unpaired) electrons. The lowest BCUT2D eigenvalue weighted by Gasteiger charge is -2.05. The van der Waals surface area contributed by atoms with Gasteiger partial charge in [-0.15, -0.1) is 11.3 Å². The number of hydrogen-bond acceptors (Lipinski definition) is 4. The topological polar surface area (TPSA) is 55.0 Å². The summed E-state index contributed by atoms with van der Waals surface area (Å²) >= 11 is 5.06. The van der Waals surface area contributed by atoms with E-state index < -0.39 is 0 Å². The van der Waals surface area contributed by atoms with Crippen LogP contribution in [0.1, 0.15) is 11.4 Å². The Balaban J connectivity index is 2.17. The van der Waals surface area contributed by atoms with Gasteiger partial charge in [0.15, 0.2) is 0 Å². The van der Waals surface area contributed by atoms with Crippen LogP contribution in [0.3, 0.4) is 0 Å². The van der Waals surface area contributed by atoms with Crippen LogP contribution in [0.2, 0.25) is 0 Å². The molecule has 0 fully saturated rings. The average Bonchev–Trinajstić information content (AvgIpc) is 2.92. The van der Waals surface area contributed by atoms with E-state index in [0.29, 0.717) is 24.2 Å². The van der Waals surface area contributed by atoms with Gasteiger partial charge in [-0.05, 0) is 18.6 Å². The lowest BCUT2D eigenvalue weighted by molar-refractivity contribution is 0.200. The number of aromatic amines is 1. The molecule has 1 N–H and O–H groups in total. The number of thiophene rings is 1. The maximum absolute atomic E-state index is 12.5. The Morgan fingerprint density at radius 2 is 2.18 bits per heavy atom. The van der Waals surface area contributed by atoms with Crippen LogP contribution in [0.15, 0.2) is 32.8 Å². The first-order valence-electron chi connectivity index (χ1n) is 6.86. The first-order valence-corrected chi connectivity index (χ1v) is 8.53. The van der Waals surface area contributed by atoms with Crippen molar-refractivity contribution in [2.75, 3.05) is 13.7 Å². The third kappa shape index (κ3) is 2.86. The first kappa shape index (κ1) is 15.4. The molecule has 6 heteroatoms. The number of ether oxygens (including phenoxy) is 1. The molecule has 0 atom stereocenters. The first-order chi connectivity index (χ1) is 10.6. The summed E-state index contributed by atoms with van der Waals surface area (Å²) in [5.41, 5.74) is 2.99. The second-order valence-corrected chi connectivity index (χ2v) is 6.78. The van der Waals surface area contributed by atoms with Crippen molar-refractivity contribution in [1.29, 1.82) is 0 Å². The van der Waals surface area contributed by atoms with Gasteiger partial charge in [0.2, 0.25) is 0 Å². The lowest BCUT2D eigenvalue weighted by Crippen LogP contribution is -2.12. The summed E-state index contributed by atoms with van der Waals surface area (Å²) in [6.07, 6.45) is 0.600. The van der Waals surface area contributed by atoms with Crippen molar-refractivity contribution in [1.82, 2.24) is 9.97 Å². The van der Waals surface area contributed by atoms with E-state index in [9.17, 15) is 4.79 Å². The van der Waals surface area contributed by atoms with Crippen molar-refractivity contribution in [3.63, 3.8) is 0 Å². The molecule has 0 amide bonds. The Labute approximate surface area is 140 Å². The summed E-state index contributed by atoms with van der Waals surface area (Å²) in [4.78, 5) is 20.6. The molecule has 4 nitrogen and oxygen atoms in total. The van der Waals surface area contributed by atoms with Crippen LogP contribution >= 0.6 is 27.3 Å². The minimum Gasteiger partial charge on any atom is -0.384 e. The van der Waals surface area contributed by atoms with Gasteiger partial charge in [0.25, 0.3) is 5.56 Å². The van der Waals surface area contributed by atoms with E-state index in [1.54, 1.807) is 7.11 Å². The van der Waals surface area contributed by atoms with E-state index in [4.69, 9.17) is 4.74 Å². The molecule has 0 aliphatic heterocycles. The fourth-order valence-electron chi connectivity index (χ4n) is 2.35. The predicted molar refractivity (Wildman–Crippen MR) is 93.7 cm³/mol. The Morgan fingerprint density at radius 3 is 2.95 bits per heavy atom. The number of aromatic nitrogens is 2. The summed E-state index contributed by atoms with van der Waals surface area (Å²) in [6, 6.07) is 6.11. The number of halogens is 1. The van der Waals surface area contributed by atoms with Gasteiger partial charge in [-0.25, -0.2) is 4.98 Å². The van der Waals surface area contributed by atoms with Gasteiger partial charge in [0.1, 0.15) is 10.7 Å². The van der Waals surface area contributed by atoms with E-state index in [0.717, 1.165) is 26.0 Å². The molecule has 22 heavy (non-hydrogen) atoms. The normalized spacial score (nSPS) is 11.2. The molecule has 2 aromatic heterocycles. The van der Waals surface area contributed by atoms with E-state index in [-0.39, 0.29) is 5.56 Å². The zero-order valence-electron chi connectivity index (χ0n) is 12.3. The summed E-state index contributed by atoms with van der Waals surface area (Å²) < 4.78 is 6.01. The monoisotopic (exact) mass is 378 g/mol. The van der Waals surface area contributed by atoms with Crippen molar-refractivity contribution >= 4 is 37.5 Å². The Kier molecular flexibility index (Phi) is 4.42. The highest BCUT2D eigenvalue weighted by molar-refractivity contribution is 9.10.